The minimum Gasteiger partial charge on any atom is -0.299 e. The van der Waals surface area contributed by atoms with Gasteiger partial charge in [-0.1, -0.05) is 69.6 Å². The van der Waals surface area contributed by atoms with Crippen molar-refractivity contribution in [2.24, 2.45) is 11.8 Å². The van der Waals surface area contributed by atoms with Crippen LogP contribution in [0, 0.1) is 11.8 Å². The largest absolute Gasteiger partial charge is 0.299 e. The van der Waals surface area contributed by atoms with Gasteiger partial charge >= 0.3 is 0 Å². The van der Waals surface area contributed by atoms with Gasteiger partial charge in [0.15, 0.2) is 0 Å². The molecule has 0 bridgehead atoms. The second kappa shape index (κ2) is 12.3. The number of ketones is 1. The van der Waals surface area contributed by atoms with E-state index in [4.69, 9.17) is 0 Å². The van der Waals surface area contributed by atoms with Crippen LogP contribution in [0.4, 0.5) is 0 Å². The van der Waals surface area contributed by atoms with E-state index >= 15 is 0 Å². The van der Waals surface area contributed by atoms with Crippen LogP contribution in [0.2, 0.25) is 0 Å². The van der Waals surface area contributed by atoms with Gasteiger partial charge in [0.1, 0.15) is 5.78 Å². The van der Waals surface area contributed by atoms with E-state index in [9.17, 15) is 4.79 Å². The van der Waals surface area contributed by atoms with Crippen molar-refractivity contribution in [3.8, 4) is 0 Å². The fourth-order valence-corrected chi connectivity index (χ4v) is 5.77. The minimum absolute atomic E-state index is 0.139. The van der Waals surface area contributed by atoms with E-state index in [-0.39, 0.29) is 23.2 Å². The van der Waals surface area contributed by atoms with Crippen LogP contribution in [-0.2, 0) is 4.79 Å². The number of nitrogens with one attached hydrogen (secondary N) is 4. The molecule has 2 atom stereocenters. The minimum atomic E-state index is -0.139. The summed E-state index contributed by atoms with van der Waals surface area (Å²) in [6, 6.07) is 0. The topological polar surface area (TPSA) is 65.2 Å². The van der Waals surface area contributed by atoms with Gasteiger partial charge in [-0.05, 0) is 64.0 Å². The Labute approximate surface area is 201 Å². The number of hydrogen-bond donors (Lipinski definition) is 4. The average Bonchev–Trinajstić information content (AvgIpc) is 2.80. The Morgan fingerprint density at radius 3 is 1.42 bits per heavy atom. The number of allylic oxidation sites excluding steroid dienone is 4. The number of rotatable bonds is 12. The summed E-state index contributed by atoms with van der Waals surface area (Å²) in [5.41, 5.74) is 2.36. The molecular formula is C28H46N4O. The molecule has 3 rings (SSSR count). The molecule has 0 saturated heterocycles. The molecule has 2 unspecified atom stereocenters. The fourth-order valence-electron chi connectivity index (χ4n) is 5.77. The molecule has 0 radical (unpaired) electrons. The number of Topliss-reactive ketones (excluding diaryl/α,β-unsaturated/α-hetero) is 1. The summed E-state index contributed by atoms with van der Waals surface area (Å²) in [5, 5.41) is 14.3. The third-order valence-electron chi connectivity index (χ3n) is 7.38. The van der Waals surface area contributed by atoms with E-state index < -0.39 is 0 Å². The van der Waals surface area contributed by atoms with Gasteiger partial charge in [0.05, 0.1) is 11.3 Å². The summed E-state index contributed by atoms with van der Waals surface area (Å²) in [4.78, 5) is 13.4. The Morgan fingerprint density at radius 2 is 1.12 bits per heavy atom. The Kier molecular flexibility index (Phi) is 9.69. The van der Waals surface area contributed by atoms with Crippen molar-refractivity contribution in [2.75, 3.05) is 26.2 Å². The summed E-state index contributed by atoms with van der Waals surface area (Å²) >= 11 is 0. The number of carbonyl (C=O) groups is 1. The highest BCUT2D eigenvalue weighted by Gasteiger charge is 2.34. The van der Waals surface area contributed by atoms with Gasteiger partial charge in [-0.15, -0.1) is 0 Å². The van der Waals surface area contributed by atoms with E-state index in [1.807, 2.05) is 0 Å². The molecule has 0 aromatic carbocycles. The third-order valence-corrected chi connectivity index (χ3v) is 7.38. The molecule has 5 nitrogen and oxygen atoms in total. The van der Waals surface area contributed by atoms with Crippen molar-refractivity contribution in [1.82, 2.24) is 21.3 Å². The molecule has 0 aromatic heterocycles. The monoisotopic (exact) mass is 454 g/mol. The van der Waals surface area contributed by atoms with Crippen molar-refractivity contribution in [3.05, 3.63) is 47.6 Å². The van der Waals surface area contributed by atoms with Crippen molar-refractivity contribution in [2.45, 2.75) is 84.0 Å². The van der Waals surface area contributed by atoms with Gasteiger partial charge in [-0.25, -0.2) is 0 Å². The lowest BCUT2D eigenvalue weighted by molar-refractivity contribution is -0.129. The van der Waals surface area contributed by atoms with Crippen LogP contribution >= 0.6 is 0 Å². The van der Waals surface area contributed by atoms with E-state index in [0.29, 0.717) is 5.78 Å². The lowest BCUT2D eigenvalue weighted by Gasteiger charge is -2.36. The highest BCUT2D eigenvalue weighted by Crippen LogP contribution is 2.36. The predicted octanol–water partition coefficient (Wildman–Crippen LogP) is 4.36. The predicted molar refractivity (Wildman–Crippen MR) is 139 cm³/mol. The SMILES string of the molecule is CCNC1(NCC)C=CC(CC2CCCC(CC3=CCC(NCC)(NCC)C=C3)C2=O)=CC1. The molecule has 0 aromatic rings. The lowest BCUT2D eigenvalue weighted by atomic mass is 9.74. The van der Waals surface area contributed by atoms with E-state index in [1.165, 1.54) is 11.1 Å². The number of hydrogen-bond acceptors (Lipinski definition) is 5. The van der Waals surface area contributed by atoms with Crippen molar-refractivity contribution in [1.29, 1.82) is 0 Å². The number of carbonyl (C=O) groups excluding carboxylic acids is 1. The Morgan fingerprint density at radius 1 is 0.727 bits per heavy atom. The third kappa shape index (κ3) is 6.75. The Bertz CT molecular complexity index is 705. The van der Waals surface area contributed by atoms with Crippen LogP contribution in [0.25, 0.3) is 0 Å². The van der Waals surface area contributed by atoms with E-state index in [0.717, 1.165) is 71.1 Å². The maximum atomic E-state index is 13.4. The van der Waals surface area contributed by atoms with Gasteiger partial charge in [0, 0.05) is 24.7 Å². The maximum absolute atomic E-state index is 13.4. The normalized spacial score (nSPS) is 26.2. The summed E-state index contributed by atoms with van der Waals surface area (Å²) in [6.07, 6.45) is 20.5. The zero-order valence-corrected chi connectivity index (χ0v) is 21.3. The first-order chi connectivity index (χ1) is 16.0. The Hall–Kier alpha value is -1.53. The van der Waals surface area contributed by atoms with Gasteiger partial charge < -0.3 is 0 Å². The molecule has 184 valence electrons. The molecular weight excluding hydrogens is 408 g/mol. The quantitative estimate of drug-likeness (QED) is 0.330. The average molecular weight is 455 g/mol. The highest BCUT2D eigenvalue weighted by molar-refractivity contribution is 5.84. The first-order valence-electron chi connectivity index (χ1n) is 13.3. The lowest BCUT2D eigenvalue weighted by Crippen LogP contribution is -2.55. The van der Waals surface area contributed by atoms with Crippen LogP contribution in [0.15, 0.2) is 47.6 Å². The van der Waals surface area contributed by atoms with Crippen LogP contribution < -0.4 is 21.3 Å². The molecule has 3 aliphatic rings. The molecule has 1 fully saturated rings. The fraction of sp³-hybridized carbons (Fsp3) is 0.679. The molecule has 5 heteroatoms. The molecule has 1 saturated carbocycles. The summed E-state index contributed by atoms with van der Waals surface area (Å²) in [7, 11) is 0. The maximum Gasteiger partial charge on any atom is 0.139 e. The van der Waals surface area contributed by atoms with Crippen molar-refractivity contribution < 1.29 is 4.79 Å². The van der Waals surface area contributed by atoms with Crippen molar-refractivity contribution >= 4 is 5.78 Å². The highest BCUT2D eigenvalue weighted by atomic mass is 16.1. The second-order valence-corrected chi connectivity index (χ2v) is 9.83. The van der Waals surface area contributed by atoms with Crippen LogP contribution in [0.5, 0.6) is 0 Å². The summed E-state index contributed by atoms with van der Waals surface area (Å²) in [5.74, 6) is 0.817. The first-order valence-corrected chi connectivity index (χ1v) is 13.3. The smallest absolute Gasteiger partial charge is 0.139 e. The van der Waals surface area contributed by atoms with Crippen LogP contribution in [-0.4, -0.2) is 43.3 Å². The van der Waals surface area contributed by atoms with E-state index in [2.05, 4.69) is 85.4 Å². The van der Waals surface area contributed by atoms with Gasteiger partial charge in [-0.2, -0.15) is 0 Å². The molecule has 33 heavy (non-hydrogen) atoms. The summed E-state index contributed by atoms with van der Waals surface area (Å²) < 4.78 is 0. The van der Waals surface area contributed by atoms with Crippen LogP contribution in [0.3, 0.4) is 0 Å². The second-order valence-electron chi connectivity index (χ2n) is 9.83. The van der Waals surface area contributed by atoms with Gasteiger partial charge in [0.2, 0.25) is 0 Å². The first kappa shape index (κ1) is 26.1. The van der Waals surface area contributed by atoms with Gasteiger partial charge in [-0.3, -0.25) is 26.1 Å². The zero-order chi connectivity index (χ0) is 23.7. The molecule has 4 N–H and O–H groups in total. The standard InChI is InChI=1S/C28H46N4O/c1-5-29-27(30-6-2)16-12-22(13-17-27)20-24-10-9-11-25(26(24)33)21-23-14-18-28(19-15-23,31-7-3)32-8-4/h12-16,18,24-25,29-32H,5-11,17,19-21H2,1-4H3. The van der Waals surface area contributed by atoms with Gasteiger partial charge in [0.25, 0.3) is 0 Å². The molecule has 0 aliphatic heterocycles. The number of likely N-dealkylation sites (N-methyl/N-ethyl adjacent to an activating group) is 4. The Balaban J connectivity index is 1.57. The molecule has 3 aliphatic carbocycles. The van der Waals surface area contributed by atoms with E-state index in [1.54, 1.807) is 0 Å². The molecule has 0 amide bonds. The molecule has 0 heterocycles. The molecule has 0 spiro atoms. The summed E-state index contributed by atoms with van der Waals surface area (Å²) in [6.45, 7) is 12.3. The zero-order valence-electron chi connectivity index (χ0n) is 21.3. The van der Waals surface area contributed by atoms with Crippen molar-refractivity contribution in [3.63, 3.8) is 0 Å². The van der Waals surface area contributed by atoms with Crippen LogP contribution in [0.1, 0.15) is 72.6 Å².